The first kappa shape index (κ1) is 18.4. The summed E-state index contributed by atoms with van der Waals surface area (Å²) < 4.78 is 25.6. The molecule has 1 fully saturated rings. The van der Waals surface area contributed by atoms with Crippen molar-refractivity contribution in [1.29, 1.82) is 5.26 Å². The van der Waals surface area contributed by atoms with Crippen molar-refractivity contribution in [3.63, 3.8) is 0 Å². The van der Waals surface area contributed by atoms with Crippen LogP contribution in [0.5, 0.6) is 0 Å². The maximum atomic E-state index is 12.1. The van der Waals surface area contributed by atoms with Gasteiger partial charge in [-0.25, -0.2) is 8.42 Å². The quantitative estimate of drug-likeness (QED) is 0.854. The van der Waals surface area contributed by atoms with E-state index in [9.17, 15) is 13.2 Å². The van der Waals surface area contributed by atoms with Crippen LogP contribution in [0.15, 0.2) is 24.3 Å². The highest BCUT2D eigenvalue weighted by molar-refractivity contribution is 7.88. The van der Waals surface area contributed by atoms with Gasteiger partial charge in [0.15, 0.2) is 0 Å². The van der Waals surface area contributed by atoms with E-state index >= 15 is 0 Å². The highest BCUT2D eigenvalue weighted by Gasteiger charge is 2.28. The molecule has 1 aliphatic carbocycles. The summed E-state index contributed by atoms with van der Waals surface area (Å²) in [7, 11) is -3.33. The number of nitrogens with one attached hydrogen (secondary N) is 1. The maximum absolute atomic E-state index is 12.1. The molecule has 130 valence electrons. The van der Waals surface area contributed by atoms with Gasteiger partial charge in [0.2, 0.25) is 15.9 Å². The molecule has 0 aromatic heterocycles. The fraction of sp³-hybridized carbons (Fsp3) is 0.529. The second-order valence-corrected chi connectivity index (χ2v) is 8.09. The molecule has 1 aromatic rings. The smallest absolute Gasteiger partial charge is 0.225 e. The molecule has 0 saturated heterocycles. The van der Waals surface area contributed by atoms with Crippen LogP contribution in [0.2, 0.25) is 0 Å². The van der Waals surface area contributed by atoms with Gasteiger partial charge in [-0.15, -0.1) is 0 Å². The van der Waals surface area contributed by atoms with E-state index in [1.54, 1.807) is 24.3 Å². The number of anilines is 1. The molecular formula is C17H23N3O3S. The Bertz CT molecular complexity index is 719. The molecular weight excluding hydrogens is 326 g/mol. The molecule has 7 heteroatoms. The zero-order valence-electron chi connectivity index (χ0n) is 13.9. The fourth-order valence-corrected chi connectivity index (χ4v) is 4.27. The zero-order valence-corrected chi connectivity index (χ0v) is 14.7. The standard InChI is InChI=1S/C17H23N3O3S/c1-24(22,23)20(16-8-3-2-4-9-16)11-10-17(21)19-15-7-5-6-14(12-15)13-18/h5-7,12,16H,2-4,8-11H2,1H3,(H,19,21). The summed E-state index contributed by atoms with van der Waals surface area (Å²) in [5.74, 6) is -0.255. The Morgan fingerprint density at radius 1 is 1.33 bits per heavy atom. The lowest BCUT2D eigenvalue weighted by atomic mass is 9.95. The summed E-state index contributed by atoms with van der Waals surface area (Å²) >= 11 is 0. The third-order valence-corrected chi connectivity index (χ3v) is 5.58. The number of carbonyl (C=O) groups excluding carboxylic acids is 1. The molecule has 2 rings (SSSR count). The number of rotatable bonds is 6. The summed E-state index contributed by atoms with van der Waals surface area (Å²) in [6.07, 6.45) is 6.23. The number of amides is 1. The lowest BCUT2D eigenvalue weighted by molar-refractivity contribution is -0.116. The fourth-order valence-electron chi connectivity index (χ4n) is 3.09. The van der Waals surface area contributed by atoms with Gasteiger partial charge < -0.3 is 5.32 Å². The van der Waals surface area contributed by atoms with Crippen LogP contribution in [0.25, 0.3) is 0 Å². The van der Waals surface area contributed by atoms with Crippen molar-refractivity contribution in [1.82, 2.24) is 4.31 Å². The van der Waals surface area contributed by atoms with Crippen molar-refractivity contribution in [3.05, 3.63) is 29.8 Å². The van der Waals surface area contributed by atoms with E-state index in [-0.39, 0.29) is 24.9 Å². The molecule has 1 amide bonds. The summed E-state index contributed by atoms with van der Waals surface area (Å²) in [4.78, 5) is 12.1. The van der Waals surface area contributed by atoms with Gasteiger partial charge in [0.1, 0.15) is 0 Å². The number of carbonyl (C=O) groups is 1. The largest absolute Gasteiger partial charge is 0.326 e. The number of hydrogen-bond acceptors (Lipinski definition) is 4. The van der Waals surface area contributed by atoms with E-state index < -0.39 is 10.0 Å². The molecule has 0 atom stereocenters. The van der Waals surface area contributed by atoms with Crippen LogP contribution in [-0.2, 0) is 14.8 Å². The molecule has 6 nitrogen and oxygen atoms in total. The highest BCUT2D eigenvalue weighted by atomic mass is 32.2. The van der Waals surface area contributed by atoms with Crippen molar-refractivity contribution >= 4 is 21.6 Å². The minimum absolute atomic E-state index is 0.00321. The molecule has 0 spiro atoms. The Balaban J connectivity index is 1.95. The number of nitriles is 1. The Kier molecular flexibility index (Phi) is 6.35. The molecule has 0 radical (unpaired) electrons. The molecule has 1 aromatic carbocycles. The van der Waals surface area contributed by atoms with Crippen molar-refractivity contribution in [2.45, 2.75) is 44.6 Å². The van der Waals surface area contributed by atoms with Gasteiger partial charge in [0.25, 0.3) is 0 Å². The Labute approximate surface area is 143 Å². The molecule has 1 N–H and O–H groups in total. The Morgan fingerprint density at radius 3 is 2.67 bits per heavy atom. The highest BCUT2D eigenvalue weighted by Crippen LogP contribution is 2.24. The lowest BCUT2D eigenvalue weighted by Crippen LogP contribution is -2.42. The minimum Gasteiger partial charge on any atom is -0.326 e. The average Bonchev–Trinajstić information content (AvgIpc) is 2.55. The summed E-state index contributed by atoms with van der Waals surface area (Å²) in [6.45, 7) is 0.188. The predicted molar refractivity (Wildman–Crippen MR) is 92.8 cm³/mol. The van der Waals surface area contributed by atoms with E-state index in [0.29, 0.717) is 11.3 Å². The van der Waals surface area contributed by atoms with Crippen LogP contribution >= 0.6 is 0 Å². The predicted octanol–water partition coefficient (Wildman–Crippen LogP) is 2.48. The Morgan fingerprint density at radius 2 is 2.04 bits per heavy atom. The van der Waals surface area contributed by atoms with Crippen molar-refractivity contribution in [2.24, 2.45) is 0 Å². The van der Waals surface area contributed by atoms with Crippen LogP contribution in [0, 0.1) is 11.3 Å². The van der Waals surface area contributed by atoms with Gasteiger partial charge in [-0.3, -0.25) is 4.79 Å². The van der Waals surface area contributed by atoms with Gasteiger partial charge in [0, 0.05) is 24.7 Å². The molecule has 24 heavy (non-hydrogen) atoms. The second kappa shape index (κ2) is 8.27. The van der Waals surface area contributed by atoms with Gasteiger partial charge in [-0.1, -0.05) is 25.3 Å². The first-order chi connectivity index (χ1) is 11.4. The number of sulfonamides is 1. The minimum atomic E-state index is -3.33. The second-order valence-electron chi connectivity index (χ2n) is 6.16. The van der Waals surface area contributed by atoms with Gasteiger partial charge in [-0.2, -0.15) is 9.57 Å². The molecule has 0 bridgehead atoms. The number of hydrogen-bond donors (Lipinski definition) is 1. The van der Waals surface area contributed by atoms with Crippen molar-refractivity contribution < 1.29 is 13.2 Å². The van der Waals surface area contributed by atoms with E-state index in [0.717, 1.165) is 32.1 Å². The third-order valence-electron chi connectivity index (χ3n) is 4.24. The first-order valence-corrected chi connectivity index (χ1v) is 10.0. The summed E-state index contributed by atoms with van der Waals surface area (Å²) in [5.41, 5.74) is 1.01. The van der Waals surface area contributed by atoms with E-state index in [4.69, 9.17) is 5.26 Å². The van der Waals surface area contributed by atoms with Crippen LogP contribution < -0.4 is 5.32 Å². The van der Waals surface area contributed by atoms with E-state index in [2.05, 4.69) is 5.32 Å². The monoisotopic (exact) mass is 349 g/mol. The average molecular weight is 349 g/mol. The molecule has 1 saturated carbocycles. The van der Waals surface area contributed by atoms with E-state index in [1.807, 2.05) is 6.07 Å². The van der Waals surface area contributed by atoms with Gasteiger partial charge >= 0.3 is 0 Å². The first-order valence-electron chi connectivity index (χ1n) is 8.17. The van der Waals surface area contributed by atoms with Crippen molar-refractivity contribution in [2.75, 3.05) is 18.1 Å². The van der Waals surface area contributed by atoms with Gasteiger partial charge in [0.05, 0.1) is 17.9 Å². The van der Waals surface area contributed by atoms with Crippen molar-refractivity contribution in [3.8, 4) is 6.07 Å². The lowest BCUT2D eigenvalue weighted by Gasteiger charge is -2.32. The maximum Gasteiger partial charge on any atom is 0.225 e. The van der Waals surface area contributed by atoms with E-state index in [1.165, 1.54) is 10.6 Å². The zero-order chi connectivity index (χ0) is 17.6. The van der Waals surface area contributed by atoms with Crippen LogP contribution in [0.4, 0.5) is 5.69 Å². The Hall–Kier alpha value is -1.91. The SMILES string of the molecule is CS(=O)(=O)N(CCC(=O)Nc1cccc(C#N)c1)C1CCCCC1. The molecule has 0 unspecified atom stereocenters. The van der Waals surface area contributed by atoms with Crippen LogP contribution in [0.3, 0.4) is 0 Å². The van der Waals surface area contributed by atoms with Crippen LogP contribution in [-0.4, -0.2) is 37.5 Å². The molecule has 1 aliphatic rings. The third kappa shape index (κ3) is 5.32. The molecule has 0 aliphatic heterocycles. The normalized spacial score (nSPS) is 15.9. The van der Waals surface area contributed by atoms with Crippen LogP contribution in [0.1, 0.15) is 44.1 Å². The summed E-state index contributed by atoms with van der Waals surface area (Å²) in [6, 6.07) is 8.66. The topological polar surface area (TPSA) is 90.3 Å². The molecule has 0 heterocycles. The summed E-state index contributed by atoms with van der Waals surface area (Å²) in [5, 5.41) is 11.6. The number of benzene rings is 1. The van der Waals surface area contributed by atoms with Gasteiger partial charge in [-0.05, 0) is 31.0 Å². The number of nitrogens with zero attached hydrogens (tertiary/aromatic N) is 2.